The number of nitrogens with two attached hydrogens (primary N) is 2. The van der Waals surface area contributed by atoms with Crippen molar-refractivity contribution in [1.82, 2.24) is 15.0 Å². The second-order valence-electron chi connectivity index (χ2n) is 6.02. The molecule has 0 aliphatic carbocycles. The van der Waals surface area contributed by atoms with Crippen LogP contribution < -0.4 is 11.5 Å². The van der Waals surface area contributed by atoms with Gasteiger partial charge in [-0.2, -0.15) is 0 Å². The molecular weight excluding hydrogens is 314 g/mol. The van der Waals surface area contributed by atoms with Gasteiger partial charge in [-0.05, 0) is 42.5 Å². The molecule has 0 radical (unpaired) electrons. The zero-order valence-corrected chi connectivity index (χ0v) is 13.4. The largest absolute Gasteiger partial charge is 0.384 e. The van der Waals surface area contributed by atoms with Gasteiger partial charge in [0.1, 0.15) is 17.5 Å². The summed E-state index contributed by atoms with van der Waals surface area (Å²) >= 11 is 0. The second-order valence-corrected chi connectivity index (χ2v) is 6.02. The van der Waals surface area contributed by atoms with Crippen molar-refractivity contribution in [2.24, 2.45) is 11.5 Å². The number of aromatic amines is 2. The summed E-state index contributed by atoms with van der Waals surface area (Å²) in [5.41, 5.74) is 16.2. The molecule has 4 rings (SSSR count). The third-order valence-corrected chi connectivity index (χ3v) is 4.19. The van der Waals surface area contributed by atoms with E-state index in [0.717, 1.165) is 33.5 Å². The molecule has 0 fully saturated rings. The number of nitrogen functional groups attached to an aromatic ring is 2. The summed E-state index contributed by atoms with van der Waals surface area (Å²) in [4.78, 5) is 11.2. The van der Waals surface area contributed by atoms with Gasteiger partial charge in [0.15, 0.2) is 0 Å². The van der Waals surface area contributed by atoms with E-state index in [1.54, 1.807) is 6.07 Å². The maximum Gasteiger partial charge on any atom is 0.122 e. The van der Waals surface area contributed by atoms with Crippen molar-refractivity contribution < 1.29 is 0 Å². The Bertz CT molecular complexity index is 1040. The molecule has 0 aliphatic heterocycles. The molecule has 7 nitrogen and oxygen atoms in total. The zero-order chi connectivity index (χ0) is 17.6. The minimum absolute atomic E-state index is 0.0370. The lowest BCUT2D eigenvalue weighted by Crippen LogP contribution is -2.10. The number of nitrogens with zero attached hydrogens (tertiary/aromatic N) is 1. The first-order valence-corrected chi connectivity index (χ1v) is 7.79. The molecule has 0 unspecified atom stereocenters. The monoisotopic (exact) mass is 331 g/mol. The molecule has 0 aliphatic rings. The summed E-state index contributed by atoms with van der Waals surface area (Å²) in [7, 11) is 0. The van der Waals surface area contributed by atoms with Crippen LogP contribution in [0.3, 0.4) is 0 Å². The Morgan fingerprint density at radius 3 is 2.36 bits per heavy atom. The van der Waals surface area contributed by atoms with Crippen LogP contribution in [0.5, 0.6) is 0 Å². The summed E-state index contributed by atoms with van der Waals surface area (Å²) in [6.07, 6.45) is 0.619. The highest BCUT2D eigenvalue weighted by Gasteiger charge is 2.09. The molecule has 25 heavy (non-hydrogen) atoms. The van der Waals surface area contributed by atoms with E-state index in [1.165, 1.54) is 0 Å². The van der Waals surface area contributed by atoms with Crippen LogP contribution in [-0.4, -0.2) is 26.6 Å². The molecule has 2 aromatic heterocycles. The van der Waals surface area contributed by atoms with Gasteiger partial charge in [0.2, 0.25) is 0 Å². The number of rotatable bonds is 4. The summed E-state index contributed by atoms with van der Waals surface area (Å²) in [5.74, 6) is 0.923. The van der Waals surface area contributed by atoms with Crippen molar-refractivity contribution in [3.05, 3.63) is 65.1 Å². The smallest absolute Gasteiger partial charge is 0.122 e. The van der Waals surface area contributed by atoms with E-state index in [9.17, 15) is 0 Å². The Hall–Kier alpha value is -3.61. The Balaban J connectivity index is 1.67. The Labute approximate surface area is 143 Å². The lowest BCUT2D eigenvalue weighted by atomic mass is 10.1. The van der Waals surface area contributed by atoms with E-state index in [4.69, 9.17) is 22.3 Å². The molecule has 124 valence electrons. The number of amidine groups is 2. The fourth-order valence-electron chi connectivity index (χ4n) is 2.95. The number of fused-ring (bicyclic) bond motifs is 2. The molecule has 0 bridgehead atoms. The van der Waals surface area contributed by atoms with Crippen LogP contribution in [0.25, 0.3) is 21.9 Å². The van der Waals surface area contributed by atoms with Crippen molar-refractivity contribution in [2.75, 3.05) is 0 Å². The van der Waals surface area contributed by atoms with Gasteiger partial charge >= 0.3 is 0 Å². The normalized spacial score (nSPS) is 11.2. The quantitative estimate of drug-likeness (QED) is 0.252. The van der Waals surface area contributed by atoms with Gasteiger partial charge in [-0.25, -0.2) is 4.98 Å². The van der Waals surface area contributed by atoms with Gasteiger partial charge in [0.05, 0.1) is 11.0 Å². The van der Waals surface area contributed by atoms with Crippen LogP contribution in [0.1, 0.15) is 22.6 Å². The molecule has 7 heteroatoms. The maximum absolute atomic E-state index is 7.53. The number of hydrogen-bond acceptors (Lipinski definition) is 3. The fourth-order valence-corrected chi connectivity index (χ4v) is 2.95. The first-order chi connectivity index (χ1) is 12.0. The van der Waals surface area contributed by atoms with Gasteiger partial charge in [0, 0.05) is 34.1 Å². The van der Waals surface area contributed by atoms with E-state index >= 15 is 0 Å². The first kappa shape index (κ1) is 14.9. The van der Waals surface area contributed by atoms with Gasteiger partial charge in [-0.1, -0.05) is 0 Å². The molecule has 0 saturated heterocycles. The molecule has 0 atom stereocenters. The number of nitrogens with one attached hydrogen (secondary N) is 4. The van der Waals surface area contributed by atoms with Gasteiger partial charge in [0.25, 0.3) is 0 Å². The predicted octanol–water partition coefficient (Wildman–Crippen LogP) is 2.20. The number of H-pyrrole nitrogens is 2. The topological polar surface area (TPSA) is 144 Å². The summed E-state index contributed by atoms with van der Waals surface area (Å²) in [5, 5.41) is 16.1. The number of benzene rings is 2. The van der Waals surface area contributed by atoms with E-state index in [-0.39, 0.29) is 11.7 Å². The highest BCUT2D eigenvalue weighted by molar-refractivity contribution is 5.99. The van der Waals surface area contributed by atoms with E-state index in [1.807, 2.05) is 36.4 Å². The van der Waals surface area contributed by atoms with E-state index in [0.29, 0.717) is 17.5 Å². The number of aromatic nitrogens is 3. The van der Waals surface area contributed by atoms with Crippen molar-refractivity contribution >= 4 is 33.6 Å². The molecule has 2 heterocycles. The van der Waals surface area contributed by atoms with Gasteiger partial charge in [-0.15, -0.1) is 0 Å². The molecule has 8 N–H and O–H groups in total. The highest BCUT2D eigenvalue weighted by atomic mass is 14.9. The summed E-state index contributed by atoms with van der Waals surface area (Å²) in [6, 6.07) is 13.2. The molecule has 2 aromatic carbocycles. The van der Waals surface area contributed by atoms with Crippen LogP contribution in [-0.2, 0) is 6.42 Å². The number of hydrogen-bond donors (Lipinski definition) is 6. The standard InChI is InChI=1S/C18H17N7/c19-17(20)9-1-3-13-11(5-9)6-12(23-13)8-16-24-14-4-2-10(18(21)22)7-15(14)25-16/h1-7,23H,8H2,(H3,19,20)(H3,21,22)(H,24,25). The van der Waals surface area contributed by atoms with Crippen LogP contribution >= 0.6 is 0 Å². The van der Waals surface area contributed by atoms with Crippen LogP contribution in [0.2, 0.25) is 0 Å². The van der Waals surface area contributed by atoms with Gasteiger partial charge in [-0.3, -0.25) is 10.8 Å². The predicted molar refractivity (Wildman–Crippen MR) is 99.2 cm³/mol. The lowest BCUT2D eigenvalue weighted by molar-refractivity contribution is 1.01. The molecule has 0 amide bonds. The average molecular weight is 331 g/mol. The zero-order valence-electron chi connectivity index (χ0n) is 13.4. The third-order valence-electron chi connectivity index (χ3n) is 4.19. The minimum Gasteiger partial charge on any atom is -0.384 e. The SMILES string of the molecule is N=C(N)c1ccc2[nH]c(Cc3nc4ccc(C(=N)N)cc4[nH]3)cc2c1. The van der Waals surface area contributed by atoms with Gasteiger partial charge < -0.3 is 21.4 Å². The van der Waals surface area contributed by atoms with Crippen LogP contribution in [0, 0.1) is 10.8 Å². The molecule has 0 saturated carbocycles. The third kappa shape index (κ3) is 2.72. The Kier molecular flexibility index (Phi) is 3.28. The number of imidazole rings is 1. The maximum atomic E-state index is 7.53. The average Bonchev–Trinajstić information content (AvgIpc) is 3.15. The molecule has 4 aromatic rings. The van der Waals surface area contributed by atoms with E-state index < -0.39 is 0 Å². The Morgan fingerprint density at radius 1 is 0.880 bits per heavy atom. The van der Waals surface area contributed by atoms with Crippen molar-refractivity contribution in [3.63, 3.8) is 0 Å². The molecule has 0 spiro atoms. The second kappa shape index (κ2) is 5.48. The lowest BCUT2D eigenvalue weighted by Gasteiger charge is -1.96. The Morgan fingerprint density at radius 2 is 1.60 bits per heavy atom. The van der Waals surface area contributed by atoms with E-state index in [2.05, 4.69) is 15.0 Å². The van der Waals surface area contributed by atoms with Crippen LogP contribution in [0.15, 0.2) is 42.5 Å². The van der Waals surface area contributed by atoms with Crippen molar-refractivity contribution in [2.45, 2.75) is 6.42 Å². The summed E-state index contributed by atoms with van der Waals surface area (Å²) in [6.45, 7) is 0. The fraction of sp³-hybridized carbons (Fsp3) is 0.0556. The minimum atomic E-state index is 0.0370. The highest BCUT2D eigenvalue weighted by Crippen LogP contribution is 2.20. The van der Waals surface area contributed by atoms with Crippen molar-refractivity contribution in [3.8, 4) is 0 Å². The summed E-state index contributed by atoms with van der Waals surface area (Å²) < 4.78 is 0. The molecular formula is C18H17N7. The first-order valence-electron chi connectivity index (χ1n) is 7.79. The van der Waals surface area contributed by atoms with Crippen molar-refractivity contribution in [1.29, 1.82) is 10.8 Å². The van der Waals surface area contributed by atoms with Crippen LogP contribution in [0.4, 0.5) is 0 Å².